The van der Waals surface area contributed by atoms with E-state index in [9.17, 15) is 9.59 Å². The molecule has 8 heteroatoms. The number of carbonyl (C=O) groups excluding carboxylic acids is 1. The van der Waals surface area contributed by atoms with E-state index in [0.29, 0.717) is 20.8 Å². The number of halogens is 1. The summed E-state index contributed by atoms with van der Waals surface area (Å²) in [6.45, 7) is 0. The van der Waals surface area contributed by atoms with Crippen molar-refractivity contribution in [2.45, 2.75) is 0 Å². The monoisotopic (exact) mass is 373 g/mol. The fraction of sp³-hybridized carbons (Fsp3) is 0.0588. The SMILES string of the molecule is CN1C(=O)/C(=C/c2ccc(C(=O)O)cc2)SC1=Nc1ccncc1Cl. The Balaban J connectivity index is 1.88. The first-order valence-corrected chi connectivity index (χ1v) is 8.34. The molecule has 1 amide bonds. The molecule has 1 fully saturated rings. The van der Waals surface area contributed by atoms with E-state index in [1.165, 1.54) is 35.0 Å². The lowest BCUT2D eigenvalue weighted by Gasteiger charge is -2.07. The van der Waals surface area contributed by atoms with E-state index in [4.69, 9.17) is 16.7 Å². The molecule has 0 aliphatic carbocycles. The van der Waals surface area contributed by atoms with Gasteiger partial charge in [0.05, 0.1) is 21.2 Å². The van der Waals surface area contributed by atoms with Crippen molar-refractivity contribution in [1.82, 2.24) is 9.88 Å². The van der Waals surface area contributed by atoms with Crippen LogP contribution >= 0.6 is 23.4 Å². The summed E-state index contributed by atoms with van der Waals surface area (Å²) in [5, 5.41) is 9.83. The van der Waals surface area contributed by atoms with Crippen LogP contribution in [0.3, 0.4) is 0 Å². The quantitative estimate of drug-likeness (QED) is 0.830. The fourth-order valence-electron chi connectivity index (χ4n) is 2.09. The van der Waals surface area contributed by atoms with E-state index in [-0.39, 0.29) is 11.5 Å². The zero-order valence-corrected chi connectivity index (χ0v) is 14.6. The molecule has 1 N–H and O–H groups in total. The molecule has 0 spiro atoms. The fourth-order valence-corrected chi connectivity index (χ4v) is 3.23. The van der Waals surface area contributed by atoms with Gasteiger partial charge in [0.15, 0.2) is 5.17 Å². The minimum atomic E-state index is -0.992. The van der Waals surface area contributed by atoms with Crippen LogP contribution in [-0.2, 0) is 4.79 Å². The van der Waals surface area contributed by atoms with E-state index in [1.54, 1.807) is 37.5 Å². The number of amides is 1. The van der Waals surface area contributed by atoms with Gasteiger partial charge in [0.2, 0.25) is 0 Å². The predicted molar refractivity (Wildman–Crippen MR) is 98.1 cm³/mol. The first-order valence-electron chi connectivity index (χ1n) is 7.15. The van der Waals surface area contributed by atoms with Gasteiger partial charge in [-0.15, -0.1) is 0 Å². The highest BCUT2D eigenvalue weighted by atomic mass is 35.5. The number of amidine groups is 1. The average molecular weight is 374 g/mol. The third-order valence-corrected chi connectivity index (χ3v) is 4.78. The molecule has 1 aliphatic rings. The Bertz CT molecular complexity index is 910. The average Bonchev–Trinajstić information content (AvgIpc) is 2.85. The minimum Gasteiger partial charge on any atom is -0.478 e. The highest BCUT2D eigenvalue weighted by Crippen LogP contribution is 2.34. The van der Waals surface area contributed by atoms with Crippen molar-refractivity contribution in [2.24, 2.45) is 4.99 Å². The standard InChI is InChI=1S/C17H12ClN3O3S/c1-21-15(22)14(8-10-2-4-11(5-3-10)16(23)24)25-17(21)20-13-6-7-19-9-12(13)18/h2-9H,1H3,(H,23,24)/b14-8-,20-17?. The molecule has 0 atom stereocenters. The van der Waals surface area contributed by atoms with Crippen molar-refractivity contribution in [3.8, 4) is 0 Å². The van der Waals surface area contributed by atoms with Crippen molar-refractivity contribution in [3.63, 3.8) is 0 Å². The van der Waals surface area contributed by atoms with Gasteiger partial charge in [0.1, 0.15) is 0 Å². The topological polar surface area (TPSA) is 82.9 Å². The molecule has 2 aromatic rings. The number of carbonyl (C=O) groups is 2. The molecule has 1 aromatic carbocycles. The van der Waals surface area contributed by atoms with Crippen LogP contribution in [0.15, 0.2) is 52.6 Å². The second-order valence-corrected chi connectivity index (χ2v) is 6.54. The molecule has 25 heavy (non-hydrogen) atoms. The van der Waals surface area contributed by atoms with Crippen LogP contribution in [0.4, 0.5) is 5.69 Å². The highest BCUT2D eigenvalue weighted by Gasteiger charge is 2.30. The molecule has 0 bridgehead atoms. The Morgan fingerprint density at radius 2 is 2.04 bits per heavy atom. The Morgan fingerprint density at radius 1 is 1.32 bits per heavy atom. The van der Waals surface area contributed by atoms with Crippen LogP contribution in [0.1, 0.15) is 15.9 Å². The molecule has 0 saturated carbocycles. The number of rotatable bonds is 3. The van der Waals surface area contributed by atoms with Gasteiger partial charge in [-0.25, -0.2) is 9.79 Å². The molecule has 1 aliphatic heterocycles. The Kier molecular flexibility index (Phi) is 4.87. The molecule has 126 valence electrons. The van der Waals surface area contributed by atoms with Crippen LogP contribution in [-0.4, -0.2) is 39.1 Å². The number of aromatic carboxylic acids is 1. The number of benzene rings is 1. The number of carboxylic acids is 1. The number of aliphatic imine (C=N–C) groups is 1. The number of likely N-dealkylation sites (N-methyl/N-ethyl adjacent to an activating group) is 1. The first-order chi connectivity index (χ1) is 12.0. The van der Waals surface area contributed by atoms with Crippen LogP contribution in [0.5, 0.6) is 0 Å². The summed E-state index contributed by atoms with van der Waals surface area (Å²) in [5.41, 5.74) is 1.46. The number of pyridine rings is 1. The number of hydrogen-bond donors (Lipinski definition) is 1. The van der Waals surface area contributed by atoms with Crippen LogP contribution in [0.2, 0.25) is 5.02 Å². The molecule has 1 saturated heterocycles. The normalized spacial score (nSPS) is 17.5. The lowest BCUT2D eigenvalue weighted by Crippen LogP contribution is -2.23. The maximum Gasteiger partial charge on any atom is 0.335 e. The van der Waals surface area contributed by atoms with E-state index >= 15 is 0 Å². The zero-order chi connectivity index (χ0) is 18.0. The van der Waals surface area contributed by atoms with Gasteiger partial charge < -0.3 is 5.11 Å². The largest absolute Gasteiger partial charge is 0.478 e. The summed E-state index contributed by atoms with van der Waals surface area (Å²) in [6.07, 6.45) is 4.77. The summed E-state index contributed by atoms with van der Waals surface area (Å²) in [7, 11) is 1.64. The lowest BCUT2D eigenvalue weighted by molar-refractivity contribution is -0.121. The molecule has 2 heterocycles. The van der Waals surface area contributed by atoms with Gasteiger partial charge in [0.25, 0.3) is 5.91 Å². The van der Waals surface area contributed by atoms with Gasteiger partial charge in [0, 0.05) is 19.4 Å². The number of aromatic nitrogens is 1. The van der Waals surface area contributed by atoms with E-state index < -0.39 is 5.97 Å². The smallest absolute Gasteiger partial charge is 0.335 e. The summed E-state index contributed by atoms with van der Waals surface area (Å²) in [5.74, 6) is -1.18. The number of carboxylic acid groups (broad SMARTS) is 1. The maximum absolute atomic E-state index is 12.4. The molecule has 0 radical (unpaired) electrons. The molecule has 6 nitrogen and oxygen atoms in total. The van der Waals surface area contributed by atoms with Crippen molar-refractivity contribution in [3.05, 3.63) is 63.8 Å². The van der Waals surface area contributed by atoms with Gasteiger partial charge in [-0.2, -0.15) is 0 Å². The Labute approximate surface area is 152 Å². The lowest BCUT2D eigenvalue weighted by atomic mass is 10.1. The van der Waals surface area contributed by atoms with Gasteiger partial charge in [-0.05, 0) is 41.6 Å². The molecular formula is C17H12ClN3O3S. The third-order valence-electron chi connectivity index (χ3n) is 3.43. The van der Waals surface area contributed by atoms with Crippen LogP contribution < -0.4 is 0 Å². The molecule has 0 unspecified atom stereocenters. The summed E-state index contributed by atoms with van der Waals surface area (Å²) in [6, 6.07) is 7.96. The summed E-state index contributed by atoms with van der Waals surface area (Å²) >= 11 is 7.28. The third kappa shape index (κ3) is 3.72. The molecular weight excluding hydrogens is 362 g/mol. The molecule has 3 rings (SSSR count). The zero-order valence-electron chi connectivity index (χ0n) is 13.0. The summed E-state index contributed by atoms with van der Waals surface area (Å²) in [4.78, 5) is 33.5. The van der Waals surface area contributed by atoms with Crippen LogP contribution in [0, 0.1) is 0 Å². The second-order valence-electron chi connectivity index (χ2n) is 5.12. The predicted octanol–water partition coefficient (Wildman–Crippen LogP) is 3.67. The Hall–Kier alpha value is -2.64. The Morgan fingerprint density at radius 3 is 2.68 bits per heavy atom. The van der Waals surface area contributed by atoms with E-state index in [2.05, 4.69) is 9.98 Å². The number of hydrogen-bond acceptors (Lipinski definition) is 5. The van der Waals surface area contributed by atoms with Crippen molar-refractivity contribution < 1.29 is 14.7 Å². The van der Waals surface area contributed by atoms with Crippen molar-refractivity contribution >= 4 is 52.2 Å². The highest BCUT2D eigenvalue weighted by molar-refractivity contribution is 8.18. The van der Waals surface area contributed by atoms with Gasteiger partial charge >= 0.3 is 5.97 Å². The number of nitrogens with zero attached hydrogens (tertiary/aromatic N) is 3. The van der Waals surface area contributed by atoms with Crippen molar-refractivity contribution in [1.29, 1.82) is 0 Å². The second kappa shape index (κ2) is 7.08. The molecule has 1 aromatic heterocycles. The summed E-state index contributed by atoms with van der Waals surface area (Å²) < 4.78 is 0. The van der Waals surface area contributed by atoms with Crippen molar-refractivity contribution in [2.75, 3.05) is 7.05 Å². The number of thioether (sulfide) groups is 1. The van der Waals surface area contributed by atoms with Crippen LogP contribution in [0.25, 0.3) is 6.08 Å². The van der Waals surface area contributed by atoms with Gasteiger partial charge in [-0.3, -0.25) is 14.7 Å². The van der Waals surface area contributed by atoms with Gasteiger partial charge in [-0.1, -0.05) is 23.7 Å². The van der Waals surface area contributed by atoms with E-state index in [0.717, 1.165) is 5.56 Å². The maximum atomic E-state index is 12.4. The van der Waals surface area contributed by atoms with E-state index in [1.807, 2.05) is 0 Å². The minimum absolute atomic E-state index is 0.184. The first kappa shape index (κ1) is 17.2.